The maximum atomic E-state index is 11.6. The van der Waals surface area contributed by atoms with Gasteiger partial charge in [-0.15, -0.1) is 11.6 Å². The first-order chi connectivity index (χ1) is 8.28. The third kappa shape index (κ3) is 5.88. The molecule has 0 unspecified atom stereocenters. The van der Waals surface area contributed by atoms with E-state index in [-0.39, 0.29) is 17.5 Å². The van der Waals surface area contributed by atoms with Crippen LogP contribution in [0.1, 0.15) is 39.5 Å². The molecule has 2 N–H and O–H groups in total. The molecule has 6 nitrogen and oxygen atoms in total. The molecule has 1 aliphatic carbocycles. The highest BCUT2D eigenvalue weighted by Crippen LogP contribution is 2.22. The van der Waals surface area contributed by atoms with Crippen LogP contribution in [-0.4, -0.2) is 32.0 Å². The van der Waals surface area contributed by atoms with Gasteiger partial charge in [0, 0.05) is 11.4 Å². The van der Waals surface area contributed by atoms with Crippen molar-refractivity contribution in [2.45, 2.75) is 57.1 Å². The van der Waals surface area contributed by atoms with E-state index >= 15 is 0 Å². The van der Waals surface area contributed by atoms with Gasteiger partial charge in [-0.2, -0.15) is 13.1 Å². The van der Waals surface area contributed by atoms with E-state index in [4.69, 9.17) is 16.3 Å². The molecule has 1 fully saturated rings. The van der Waals surface area contributed by atoms with Crippen molar-refractivity contribution in [1.29, 1.82) is 0 Å². The van der Waals surface area contributed by atoms with E-state index < -0.39 is 16.3 Å². The zero-order valence-electron chi connectivity index (χ0n) is 10.5. The van der Waals surface area contributed by atoms with Crippen LogP contribution in [0.2, 0.25) is 0 Å². The molecule has 0 aromatic carbocycles. The highest BCUT2D eigenvalue weighted by Gasteiger charge is 2.25. The van der Waals surface area contributed by atoms with Gasteiger partial charge in [0.05, 0.1) is 6.10 Å². The molecule has 1 saturated carbocycles. The van der Waals surface area contributed by atoms with Crippen LogP contribution in [-0.2, 0) is 14.9 Å². The Labute approximate surface area is 113 Å². The van der Waals surface area contributed by atoms with Crippen LogP contribution >= 0.6 is 11.6 Å². The largest absolute Gasteiger partial charge is 0.446 e. The lowest BCUT2D eigenvalue weighted by Crippen LogP contribution is -2.46. The maximum absolute atomic E-state index is 11.6. The van der Waals surface area contributed by atoms with Crippen LogP contribution < -0.4 is 9.44 Å². The van der Waals surface area contributed by atoms with Crippen LogP contribution in [0, 0.1) is 0 Å². The van der Waals surface area contributed by atoms with Crippen molar-refractivity contribution in [2.75, 3.05) is 0 Å². The van der Waals surface area contributed by atoms with Gasteiger partial charge in [-0.05, 0) is 39.5 Å². The van der Waals surface area contributed by atoms with Gasteiger partial charge in [0.1, 0.15) is 0 Å². The van der Waals surface area contributed by atoms with Gasteiger partial charge < -0.3 is 4.74 Å². The predicted molar refractivity (Wildman–Crippen MR) is 68.7 cm³/mol. The molecular weight excluding hydrogens is 280 g/mol. The molecular formula is C10H19ClN2O4S. The molecule has 0 heterocycles. The lowest BCUT2D eigenvalue weighted by Gasteiger charge is -2.25. The van der Waals surface area contributed by atoms with Crippen LogP contribution in [0.5, 0.6) is 0 Å². The molecule has 0 aromatic rings. The minimum absolute atomic E-state index is 0.115. The Hall–Kier alpha value is -0.530. The molecule has 106 valence electrons. The van der Waals surface area contributed by atoms with E-state index in [1.54, 1.807) is 13.8 Å². The average Bonchev–Trinajstić information content (AvgIpc) is 2.18. The van der Waals surface area contributed by atoms with E-state index in [0.29, 0.717) is 12.8 Å². The number of hydrogen-bond donors (Lipinski definition) is 2. The summed E-state index contributed by atoms with van der Waals surface area (Å²) in [6, 6.07) is -0.177. The molecule has 0 saturated heterocycles. The van der Waals surface area contributed by atoms with Crippen LogP contribution in [0.3, 0.4) is 0 Å². The lowest BCUT2D eigenvalue weighted by molar-refractivity contribution is 0.121. The van der Waals surface area contributed by atoms with Crippen LogP contribution in [0.25, 0.3) is 0 Å². The number of hydrogen-bond acceptors (Lipinski definition) is 4. The summed E-state index contributed by atoms with van der Waals surface area (Å²) in [5, 5.41) is 0.115. The Morgan fingerprint density at radius 1 is 1.28 bits per heavy atom. The van der Waals surface area contributed by atoms with Crippen molar-refractivity contribution in [3.05, 3.63) is 0 Å². The zero-order valence-corrected chi connectivity index (χ0v) is 12.1. The van der Waals surface area contributed by atoms with Crippen molar-refractivity contribution in [3.63, 3.8) is 0 Å². The van der Waals surface area contributed by atoms with Gasteiger partial charge in [-0.3, -0.25) is 0 Å². The number of carbonyl (C=O) groups excluding carboxylic acids is 1. The first kappa shape index (κ1) is 15.5. The first-order valence-corrected chi connectivity index (χ1v) is 7.85. The van der Waals surface area contributed by atoms with Crippen molar-refractivity contribution >= 4 is 27.9 Å². The van der Waals surface area contributed by atoms with Gasteiger partial charge in [0.25, 0.3) is 0 Å². The second-order valence-electron chi connectivity index (χ2n) is 4.63. The minimum atomic E-state index is -3.86. The van der Waals surface area contributed by atoms with Crippen LogP contribution in [0.4, 0.5) is 4.79 Å². The highest BCUT2D eigenvalue weighted by molar-refractivity contribution is 7.88. The molecule has 18 heavy (non-hydrogen) atoms. The third-order valence-corrected chi connectivity index (χ3v) is 4.05. The third-order valence-electron chi connectivity index (χ3n) is 2.54. The molecule has 0 bridgehead atoms. The molecule has 0 aliphatic heterocycles. The molecule has 1 rings (SSSR count). The number of nitrogens with one attached hydrogen (secondary N) is 2. The standard InChI is InChI=1S/C10H19ClN2O4S/c1-7(2)17-10(14)13-18(15,16)12-9-5-3-8(11)4-6-9/h7-9,12H,3-6H2,1-2H3,(H,13,14). The molecule has 8 heteroatoms. The normalized spacial score (nSPS) is 24.9. The smallest absolute Gasteiger partial charge is 0.422 e. The molecule has 0 aromatic heterocycles. The second kappa shape index (κ2) is 6.58. The monoisotopic (exact) mass is 298 g/mol. The number of rotatable bonds is 4. The summed E-state index contributed by atoms with van der Waals surface area (Å²) in [5.74, 6) is 0. The van der Waals surface area contributed by atoms with E-state index in [2.05, 4.69) is 4.72 Å². The Morgan fingerprint density at radius 3 is 2.33 bits per heavy atom. The van der Waals surface area contributed by atoms with Gasteiger partial charge in [0.15, 0.2) is 0 Å². The van der Waals surface area contributed by atoms with E-state index in [1.807, 2.05) is 4.72 Å². The number of ether oxygens (including phenoxy) is 1. The average molecular weight is 299 g/mol. The summed E-state index contributed by atoms with van der Waals surface area (Å²) < 4.78 is 32.2. The minimum Gasteiger partial charge on any atom is -0.446 e. The number of halogens is 1. The summed E-state index contributed by atoms with van der Waals surface area (Å²) in [4.78, 5) is 11.2. The van der Waals surface area contributed by atoms with Crippen molar-refractivity contribution in [3.8, 4) is 0 Å². The molecule has 1 aliphatic rings. The van der Waals surface area contributed by atoms with Gasteiger partial charge in [-0.25, -0.2) is 9.52 Å². The van der Waals surface area contributed by atoms with Gasteiger partial charge in [-0.1, -0.05) is 0 Å². The molecule has 0 atom stereocenters. The predicted octanol–water partition coefficient (Wildman–Crippen LogP) is 1.51. The summed E-state index contributed by atoms with van der Waals surface area (Å²) in [5.41, 5.74) is 0. The second-order valence-corrected chi connectivity index (χ2v) is 6.69. The Bertz CT molecular complexity index is 377. The summed E-state index contributed by atoms with van der Waals surface area (Å²) in [7, 11) is -3.86. The Balaban J connectivity index is 2.42. The Kier molecular flexibility index (Phi) is 5.68. The summed E-state index contributed by atoms with van der Waals surface area (Å²) in [6.07, 6.45) is 1.55. The van der Waals surface area contributed by atoms with Crippen LogP contribution in [0.15, 0.2) is 0 Å². The summed E-state index contributed by atoms with van der Waals surface area (Å²) >= 11 is 5.93. The van der Waals surface area contributed by atoms with E-state index in [0.717, 1.165) is 12.8 Å². The molecule has 0 radical (unpaired) electrons. The van der Waals surface area contributed by atoms with Gasteiger partial charge >= 0.3 is 16.3 Å². The fourth-order valence-electron chi connectivity index (χ4n) is 1.77. The van der Waals surface area contributed by atoms with Crippen molar-refractivity contribution < 1.29 is 17.9 Å². The fourth-order valence-corrected chi connectivity index (χ4v) is 3.02. The molecule has 0 spiro atoms. The quantitative estimate of drug-likeness (QED) is 0.770. The zero-order chi connectivity index (χ0) is 13.8. The van der Waals surface area contributed by atoms with Crippen molar-refractivity contribution in [1.82, 2.24) is 9.44 Å². The number of amides is 1. The van der Waals surface area contributed by atoms with Gasteiger partial charge in [0.2, 0.25) is 0 Å². The SMILES string of the molecule is CC(C)OC(=O)NS(=O)(=O)NC1CCC(Cl)CC1. The highest BCUT2D eigenvalue weighted by atomic mass is 35.5. The number of carbonyl (C=O) groups is 1. The maximum Gasteiger partial charge on any atom is 0.422 e. The number of alkyl halides is 1. The fraction of sp³-hybridized carbons (Fsp3) is 0.900. The first-order valence-electron chi connectivity index (χ1n) is 5.93. The lowest BCUT2D eigenvalue weighted by atomic mass is 9.96. The van der Waals surface area contributed by atoms with E-state index in [9.17, 15) is 13.2 Å². The topological polar surface area (TPSA) is 84.5 Å². The molecule has 1 amide bonds. The Morgan fingerprint density at radius 2 is 1.83 bits per heavy atom. The van der Waals surface area contributed by atoms with Crippen molar-refractivity contribution in [2.24, 2.45) is 0 Å². The van der Waals surface area contributed by atoms with E-state index in [1.165, 1.54) is 0 Å². The summed E-state index contributed by atoms with van der Waals surface area (Å²) in [6.45, 7) is 3.28.